The average Bonchev–Trinajstić information content (AvgIpc) is 2.63. The van der Waals surface area contributed by atoms with E-state index in [2.05, 4.69) is 15.3 Å². The van der Waals surface area contributed by atoms with Gasteiger partial charge in [-0.1, -0.05) is 11.6 Å². The van der Waals surface area contributed by atoms with Gasteiger partial charge < -0.3 is 10.2 Å². The van der Waals surface area contributed by atoms with E-state index in [9.17, 15) is 9.59 Å². The predicted octanol–water partition coefficient (Wildman–Crippen LogP) is 2.16. The van der Waals surface area contributed by atoms with E-state index < -0.39 is 0 Å². The van der Waals surface area contributed by atoms with Gasteiger partial charge in [-0.15, -0.1) is 0 Å². The van der Waals surface area contributed by atoms with Crippen molar-refractivity contribution >= 4 is 23.4 Å². The molecule has 0 bridgehead atoms. The second kappa shape index (κ2) is 7.40. The molecule has 1 aliphatic heterocycles. The molecule has 2 amide bonds. The molecule has 6 nitrogen and oxygen atoms in total. The lowest BCUT2D eigenvalue weighted by Crippen LogP contribution is -2.46. The summed E-state index contributed by atoms with van der Waals surface area (Å²) >= 11 is 5.74. The van der Waals surface area contributed by atoms with Gasteiger partial charge >= 0.3 is 0 Å². The molecule has 1 N–H and O–H groups in total. The molecule has 0 unspecified atom stereocenters. The van der Waals surface area contributed by atoms with Gasteiger partial charge in [0.05, 0.1) is 5.56 Å². The largest absolute Gasteiger partial charge is 0.349 e. The molecular weight excluding hydrogens is 328 g/mol. The van der Waals surface area contributed by atoms with Crippen LogP contribution < -0.4 is 5.32 Å². The summed E-state index contributed by atoms with van der Waals surface area (Å²) < 4.78 is 0. The van der Waals surface area contributed by atoms with Crippen LogP contribution in [0, 0.1) is 0 Å². The Kier molecular flexibility index (Phi) is 5.05. The van der Waals surface area contributed by atoms with Crippen molar-refractivity contribution < 1.29 is 9.59 Å². The third kappa shape index (κ3) is 3.89. The Balaban J connectivity index is 1.53. The van der Waals surface area contributed by atoms with E-state index in [1.54, 1.807) is 41.6 Å². The molecular formula is C17H17ClN4O2. The second-order valence-electron chi connectivity index (χ2n) is 5.65. The third-order valence-corrected chi connectivity index (χ3v) is 4.26. The number of aromatic nitrogens is 2. The van der Waals surface area contributed by atoms with E-state index in [4.69, 9.17) is 11.6 Å². The smallest absolute Gasteiger partial charge is 0.255 e. The molecule has 0 spiro atoms. The van der Waals surface area contributed by atoms with Gasteiger partial charge in [-0.2, -0.15) is 0 Å². The van der Waals surface area contributed by atoms with Crippen molar-refractivity contribution in [3.63, 3.8) is 0 Å². The van der Waals surface area contributed by atoms with Gasteiger partial charge in [0.15, 0.2) is 0 Å². The molecule has 0 aliphatic carbocycles. The minimum Gasteiger partial charge on any atom is -0.349 e. The maximum absolute atomic E-state index is 12.4. The molecule has 0 atom stereocenters. The molecule has 7 heteroatoms. The Morgan fingerprint density at radius 2 is 1.79 bits per heavy atom. The molecule has 24 heavy (non-hydrogen) atoms. The number of hydrogen-bond acceptors (Lipinski definition) is 4. The van der Waals surface area contributed by atoms with Crippen LogP contribution in [-0.2, 0) is 0 Å². The maximum atomic E-state index is 12.4. The van der Waals surface area contributed by atoms with Crippen molar-refractivity contribution in [2.24, 2.45) is 0 Å². The van der Waals surface area contributed by atoms with E-state index in [0.29, 0.717) is 29.4 Å². The van der Waals surface area contributed by atoms with Crippen LogP contribution >= 0.6 is 11.6 Å². The lowest BCUT2D eigenvalue weighted by molar-refractivity contribution is 0.0697. The Morgan fingerprint density at radius 1 is 1.08 bits per heavy atom. The van der Waals surface area contributed by atoms with Crippen molar-refractivity contribution in [3.8, 4) is 0 Å². The van der Waals surface area contributed by atoms with Gasteiger partial charge in [-0.3, -0.25) is 14.6 Å². The van der Waals surface area contributed by atoms with Crippen molar-refractivity contribution in [1.29, 1.82) is 0 Å². The Labute approximate surface area is 144 Å². The normalized spacial score (nSPS) is 15.1. The van der Waals surface area contributed by atoms with E-state index in [1.165, 1.54) is 6.20 Å². The van der Waals surface area contributed by atoms with Crippen LogP contribution in [0.2, 0.25) is 5.15 Å². The number of carbonyl (C=O) groups is 2. The zero-order valence-corrected chi connectivity index (χ0v) is 13.7. The topological polar surface area (TPSA) is 75.2 Å². The van der Waals surface area contributed by atoms with Gasteiger partial charge in [-0.25, -0.2) is 4.98 Å². The number of pyridine rings is 2. The Hall–Kier alpha value is -2.47. The van der Waals surface area contributed by atoms with Crippen LogP contribution in [0.1, 0.15) is 33.6 Å². The van der Waals surface area contributed by atoms with Gasteiger partial charge in [0.25, 0.3) is 11.8 Å². The van der Waals surface area contributed by atoms with E-state index >= 15 is 0 Å². The maximum Gasteiger partial charge on any atom is 0.255 e. The predicted molar refractivity (Wildman–Crippen MR) is 89.9 cm³/mol. The molecule has 0 aromatic carbocycles. The molecule has 1 fully saturated rings. The fourth-order valence-electron chi connectivity index (χ4n) is 2.68. The van der Waals surface area contributed by atoms with E-state index in [1.807, 2.05) is 0 Å². The summed E-state index contributed by atoms with van der Waals surface area (Å²) in [5, 5.41) is 3.37. The first kappa shape index (κ1) is 16.4. The highest BCUT2D eigenvalue weighted by Crippen LogP contribution is 2.15. The van der Waals surface area contributed by atoms with E-state index in [-0.39, 0.29) is 17.9 Å². The first-order valence-corrected chi connectivity index (χ1v) is 8.13. The number of piperidine rings is 1. The zero-order chi connectivity index (χ0) is 16.9. The van der Waals surface area contributed by atoms with Crippen LogP contribution in [-0.4, -0.2) is 45.8 Å². The number of amides is 2. The summed E-state index contributed by atoms with van der Waals surface area (Å²) in [4.78, 5) is 34.2. The van der Waals surface area contributed by atoms with Gasteiger partial charge in [0.1, 0.15) is 5.15 Å². The monoisotopic (exact) mass is 344 g/mol. The number of nitrogens with one attached hydrogen (secondary N) is 1. The quantitative estimate of drug-likeness (QED) is 0.866. The van der Waals surface area contributed by atoms with Gasteiger partial charge in [0, 0.05) is 43.3 Å². The number of rotatable bonds is 3. The molecule has 124 valence electrons. The highest BCUT2D eigenvalue weighted by Gasteiger charge is 2.25. The highest BCUT2D eigenvalue weighted by atomic mass is 35.5. The van der Waals surface area contributed by atoms with Crippen molar-refractivity contribution in [2.75, 3.05) is 13.1 Å². The summed E-state index contributed by atoms with van der Waals surface area (Å²) in [7, 11) is 0. The molecule has 1 saturated heterocycles. The van der Waals surface area contributed by atoms with Crippen molar-refractivity contribution in [3.05, 3.63) is 59.1 Å². The van der Waals surface area contributed by atoms with Gasteiger partial charge in [0.2, 0.25) is 0 Å². The first-order chi connectivity index (χ1) is 11.6. The fraction of sp³-hybridized carbons (Fsp3) is 0.294. The molecule has 0 radical (unpaired) electrons. The molecule has 2 aromatic rings. The molecule has 3 heterocycles. The lowest BCUT2D eigenvalue weighted by Gasteiger charge is -2.32. The minimum atomic E-state index is -0.107. The van der Waals surface area contributed by atoms with Crippen molar-refractivity contribution in [1.82, 2.24) is 20.2 Å². The fourth-order valence-corrected chi connectivity index (χ4v) is 2.80. The van der Waals surface area contributed by atoms with Crippen LogP contribution in [0.3, 0.4) is 0 Å². The van der Waals surface area contributed by atoms with Crippen LogP contribution in [0.5, 0.6) is 0 Å². The molecule has 3 rings (SSSR count). The van der Waals surface area contributed by atoms with Crippen molar-refractivity contribution in [2.45, 2.75) is 18.9 Å². The van der Waals surface area contributed by atoms with Crippen LogP contribution in [0.15, 0.2) is 42.9 Å². The zero-order valence-electron chi connectivity index (χ0n) is 13.0. The lowest BCUT2D eigenvalue weighted by atomic mass is 10.0. The Bertz CT molecular complexity index is 713. The third-order valence-electron chi connectivity index (χ3n) is 4.03. The summed E-state index contributed by atoms with van der Waals surface area (Å²) in [6, 6.07) is 6.71. The molecule has 2 aromatic heterocycles. The minimum absolute atomic E-state index is 0.0573. The number of likely N-dealkylation sites (tertiary alicyclic amines) is 1. The number of carbonyl (C=O) groups excluding carboxylic acids is 2. The number of halogens is 1. The SMILES string of the molecule is O=C(NC1CCN(C(=O)c2ccc(Cl)nc2)CC1)c1ccncc1. The summed E-state index contributed by atoms with van der Waals surface area (Å²) in [6.45, 7) is 1.20. The first-order valence-electron chi connectivity index (χ1n) is 7.75. The number of hydrogen-bond donors (Lipinski definition) is 1. The summed E-state index contributed by atoms with van der Waals surface area (Å²) in [5.41, 5.74) is 1.12. The Morgan fingerprint density at radius 3 is 2.42 bits per heavy atom. The average molecular weight is 345 g/mol. The second-order valence-corrected chi connectivity index (χ2v) is 6.03. The van der Waals surface area contributed by atoms with E-state index in [0.717, 1.165) is 12.8 Å². The van der Waals surface area contributed by atoms with Crippen LogP contribution in [0.25, 0.3) is 0 Å². The number of nitrogens with zero attached hydrogens (tertiary/aromatic N) is 3. The summed E-state index contributed by atoms with van der Waals surface area (Å²) in [6.07, 6.45) is 6.13. The highest BCUT2D eigenvalue weighted by molar-refractivity contribution is 6.29. The molecule has 0 saturated carbocycles. The van der Waals surface area contributed by atoms with Crippen LogP contribution in [0.4, 0.5) is 0 Å². The van der Waals surface area contributed by atoms with Gasteiger partial charge in [-0.05, 0) is 37.1 Å². The standard InChI is InChI=1S/C17H17ClN4O2/c18-15-2-1-13(11-20-15)17(24)22-9-5-14(6-10-22)21-16(23)12-3-7-19-8-4-12/h1-4,7-8,11,14H,5-6,9-10H2,(H,21,23). The summed E-state index contributed by atoms with van der Waals surface area (Å²) in [5.74, 6) is -0.165. The molecule has 1 aliphatic rings.